The van der Waals surface area contributed by atoms with E-state index in [4.69, 9.17) is 0 Å². The van der Waals surface area contributed by atoms with Crippen LogP contribution in [0.5, 0.6) is 0 Å². The topological polar surface area (TPSA) is 63.1 Å². The first-order chi connectivity index (χ1) is 13.5. The van der Waals surface area contributed by atoms with Crippen molar-refractivity contribution in [1.29, 1.82) is 0 Å². The van der Waals surface area contributed by atoms with Gasteiger partial charge in [-0.3, -0.25) is 4.79 Å². The normalized spacial score (nSPS) is 10.7. The summed E-state index contributed by atoms with van der Waals surface area (Å²) < 4.78 is 14.9. The summed E-state index contributed by atoms with van der Waals surface area (Å²) in [7, 11) is 3.99. The van der Waals surface area contributed by atoms with Crippen molar-refractivity contribution in [3.8, 4) is 11.4 Å². The number of aromatic nitrogens is 3. The van der Waals surface area contributed by atoms with E-state index in [0.29, 0.717) is 17.4 Å². The van der Waals surface area contributed by atoms with Crippen LogP contribution in [-0.2, 0) is 11.3 Å². The van der Waals surface area contributed by atoms with Crippen molar-refractivity contribution >= 4 is 29.0 Å². The van der Waals surface area contributed by atoms with E-state index >= 15 is 0 Å². The molecular weight excluding hydrogens is 377 g/mol. The Labute approximate surface area is 167 Å². The van der Waals surface area contributed by atoms with Gasteiger partial charge >= 0.3 is 0 Å². The molecule has 0 unspecified atom stereocenters. The van der Waals surface area contributed by atoms with Gasteiger partial charge in [0.05, 0.1) is 5.75 Å². The number of rotatable bonds is 7. The van der Waals surface area contributed by atoms with Crippen molar-refractivity contribution < 1.29 is 9.18 Å². The zero-order valence-electron chi connectivity index (χ0n) is 16.0. The molecule has 8 heteroatoms. The van der Waals surface area contributed by atoms with E-state index in [0.717, 1.165) is 17.1 Å². The molecule has 2 aromatic carbocycles. The lowest BCUT2D eigenvalue weighted by Crippen LogP contribution is -2.14. The van der Waals surface area contributed by atoms with Gasteiger partial charge in [0, 0.05) is 37.6 Å². The van der Waals surface area contributed by atoms with Crippen molar-refractivity contribution in [2.45, 2.75) is 18.6 Å². The van der Waals surface area contributed by atoms with E-state index in [1.165, 1.54) is 36.0 Å². The molecule has 1 aromatic heterocycles. The molecule has 0 spiro atoms. The van der Waals surface area contributed by atoms with Gasteiger partial charge in [0.2, 0.25) is 5.91 Å². The van der Waals surface area contributed by atoms with E-state index < -0.39 is 0 Å². The van der Waals surface area contributed by atoms with E-state index in [9.17, 15) is 9.18 Å². The van der Waals surface area contributed by atoms with Crippen molar-refractivity contribution in [2.24, 2.45) is 0 Å². The van der Waals surface area contributed by atoms with Gasteiger partial charge in [-0.15, -0.1) is 10.2 Å². The van der Waals surface area contributed by atoms with Crippen LogP contribution in [-0.4, -0.2) is 40.5 Å². The lowest BCUT2D eigenvalue weighted by atomic mass is 10.2. The van der Waals surface area contributed by atoms with Crippen LogP contribution in [0.4, 0.5) is 15.8 Å². The molecule has 3 rings (SSSR count). The Morgan fingerprint density at radius 2 is 1.79 bits per heavy atom. The Bertz CT molecular complexity index is 938. The molecule has 0 aliphatic rings. The maximum Gasteiger partial charge on any atom is 0.234 e. The molecule has 28 heavy (non-hydrogen) atoms. The Hall–Kier alpha value is -2.87. The van der Waals surface area contributed by atoms with Crippen LogP contribution in [0.25, 0.3) is 11.4 Å². The van der Waals surface area contributed by atoms with E-state index in [2.05, 4.69) is 15.5 Å². The van der Waals surface area contributed by atoms with Crippen LogP contribution in [0, 0.1) is 5.82 Å². The number of thioether (sulfide) groups is 1. The molecule has 0 bridgehead atoms. The summed E-state index contributed by atoms with van der Waals surface area (Å²) in [5, 5.41) is 12.0. The van der Waals surface area contributed by atoms with Gasteiger partial charge in [0.15, 0.2) is 11.0 Å². The third-order valence-electron chi connectivity index (χ3n) is 4.14. The highest BCUT2D eigenvalue weighted by Crippen LogP contribution is 2.25. The molecule has 0 aliphatic carbocycles. The Balaban J connectivity index is 1.68. The number of nitrogens with one attached hydrogen (secondary N) is 1. The molecule has 0 atom stereocenters. The van der Waals surface area contributed by atoms with Gasteiger partial charge in [-0.2, -0.15) is 0 Å². The van der Waals surface area contributed by atoms with Gasteiger partial charge in [-0.25, -0.2) is 4.39 Å². The zero-order chi connectivity index (χ0) is 20.1. The van der Waals surface area contributed by atoms with Crippen LogP contribution in [0.15, 0.2) is 53.7 Å². The van der Waals surface area contributed by atoms with Crippen molar-refractivity contribution in [2.75, 3.05) is 30.1 Å². The Morgan fingerprint density at radius 3 is 2.39 bits per heavy atom. The summed E-state index contributed by atoms with van der Waals surface area (Å²) in [6.07, 6.45) is 0. The first-order valence-electron chi connectivity index (χ1n) is 8.87. The summed E-state index contributed by atoms with van der Waals surface area (Å²) in [5.74, 6) is 0.442. The summed E-state index contributed by atoms with van der Waals surface area (Å²) in [5.41, 5.74) is 2.64. The summed E-state index contributed by atoms with van der Waals surface area (Å²) in [4.78, 5) is 14.2. The molecule has 1 N–H and O–H groups in total. The Morgan fingerprint density at radius 1 is 1.11 bits per heavy atom. The fourth-order valence-corrected chi connectivity index (χ4v) is 3.47. The predicted octanol–water partition coefficient (Wildman–Crippen LogP) is 3.90. The fourth-order valence-electron chi connectivity index (χ4n) is 2.66. The molecule has 6 nitrogen and oxygen atoms in total. The standard InChI is InChI=1S/C20H22FN5OS/c1-4-26-19(14-5-11-17(12-6-14)25(2)3)23-24-20(26)28-13-18(27)22-16-9-7-15(21)8-10-16/h5-12H,4,13H2,1-3H3,(H,22,27). The molecule has 1 heterocycles. The van der Waals surface area contributed by atoms with Crippen LogP contribution < -0.4 is 10.2 Å². The minimum Gasteiger partial charge on any atom is -0.378 e. The molecule has 146 valence electrons. The van der Waals surface area contributed by atoms with Crippen molar-refractivity contribution in [1.82, 2.24) is 14.8 Å². The number of hydrogen-bond donors (Lipinski definition) is 1. The minimum atomic E-state index is -0.338. The lowest BCUT2D eigenvalue weighted by molar-refractivity contribution is -0.113. The number of amides is 1. The first-order valence-corrected chi connectivity index (χ1v) is 9.85. The van der Waals surface area contributed by atoms with Crippen LogP contribution >= 0.6 is 11.8 Å². The van der Waals surface area contributed by atoms with Gasteiger partial charge in [0.1, 0.15) is 5.82 Å². The number of carbonyl (C=O) groups excluding carboxylic acids is 1. The molecule has 1 amide bonds. The minimum absolute atomic E-state index is 0.181. The average Bonchev–Trinajstić information content (AvgIpc) is 3.11. The highest BCUT2D eigenvalue weighted by atomic mass is 32.2. The lowest BCUT2D eigenvalue weighted by Gasteiger charge is -2.13. The summed E-state index contributed by atoms with van der Waals surface area (Å²) >= 11 is 1.32. The third kappa shape index (κ3) is 4.69. The fraction of sp³-hybridized carbons (Fsp3) is 0.250. The van der Waals surface area contributed by atoms with Crippen LogP contribution in [0.1, 0.15) is 6.92 Å². The molecular formula is C20H22FN5OS. The quantitative estimate of drug-likeness (QED) is 0.611. The molecule has 3 aromatic rings. The number of hydrogen-bond acceptors (Lipinski definition) is 5. The van der Waals surface area contributed by atoms with Crippen LogP contribution in [0.2, 0.25) is 0 Å². The average molecular weight is 399 g/mol. The van der Waals surface area contributed by atoms with Gasteiger partial charge < -0.3 is 14.8 Å². The summed E-state index contributed by atoms with van der Waals surface area (Å²) in [6, 6.07) is 13.8. The van der Waals surface area contributed by atoms with E-state index in [1.807, 2.05) is 54.8 Å². The first kappa shape index (κ1) is 19.9. The molecule has 0 radical (unpaired) electrons. The van der Waals surface area contributed by atoms with Crippen molar-refractivity contribution in [3.05, 3.63) is 54.3 Å². The van der Waals surface area contributed by atoms with Crippen LogP contribution in [0.3, 0.4) is 0 Å². The van der Waals surface area contributed by atoms with Gasteiger partial charge in [-0.05, 0) is 55.5 Å². The monoisotopic (exact) mass is 399 g/mol. The number of nitrogens with zero attached hydrogens (tertiary/aromatic N) is 4. The molecule has 0 aliphatic heterocycles. The molecule has 0 saturated heterocycles. The Kier molecular flexibility index (Phi) is 6.30. The summed E-state index contributed by atoms with van der Waals surface area (Å²) in [6.45, 7) is 2.71. The highest BCUT2D eigenvalue weighted by Gasteiger charge is 2.15. The molecule has 0 fully saturated rings. The number of benzene rings is 2. The van der Waals surface area contributed by atoms with Gasteiger partial charge in [-0.1, -0.05) is 11.8 Å². The highest BCUT2D eigenvalue weighted by molar-refractivity contribution is 7.99. The smallest absolute Gasteiger partial charge is 0.234 e. The SMILES string of the molecule is CCn1c(SCC(=O)Nc2ccc(F)cc2)nnc1-c1ccc(N(C)C)cc1. The second-order valence-electron chi connectivity index (χ2n) is 6.34. The van der Waals surface area contributed by atoms with Crippen molar-refractivity contribution in [3.63, 3.8) is 0 Å². The maximum absolute atomic E-state index is 12.9. The number of halogens is 1. The second kappa shape index (κ2) is 8.88. The van der Waals surface area contributed by atoms with E-state index in [1.54, 1.807) is 0 Å². The number of carbonyl (C=O) groups is 1. The molecule has 0 saturated carbocycles. The maximum atomic E-state index is 12.9. The third-order valence-corrected chi connectivity index (χ3v) is 5.10. The second-order valence-corrected chi connectivity index (χ2v) is 7.28. The zero-order valence-corrected chi connectivity index (χ0v) is 16.8. The van der Waals surface area contributed by atoms with Gasteiger partial charge in [0.25, 0.3) is 0 Å². The largest absolute Gasteiger partial charge is 0.378 e. The predicted molar refractivity (Wildman–Crippen MR) is 111 cm³/mol. The number of anilines is 2. The van der Waals surface area contributed by atoms with E-state index in [-0.39, 0.29) is 17.5 Å².